The summed E-state index contributed by atoms with van der Waals surface area (Å²) in [6.07, 6.45) is 0. The van der Waals surface area contributed by atoms with E-state index in [0.717, 1.165) is 61.0 Å². The summed E-state index contributed by atoms with van der Waals surface area (Å²) in [5.41, 5.74) is 14.1. The first-order valence-electron chi connectivity index (χ1n) is 17.5. The van der Waals surface area contributed by atoms with Gasteiger partial charge in [0.2, 0.25) is 0 Å². The smallest absolute Gasteiger partial charge is 0.160 e. The summed E-state index contributed by atoms with van der Waals surface area (Å²) in [4.78, 5) is 10.2. The highest BCUT2D eigenvalue weighted by atomic mass is 16.3. The molecule has 7 aromatic carbocycles. The van der Waals surface area contributed by atoms with Crippen LogP contribution in [0.1, 0.15) is 25.0 Å². The van der Waals surface area contributed by atoms with Gasteiger partial charge < -0.3 is 8.98 Å². The van der Waals surface area contributed by atoms with Gasteiger partial charge in [-0.3, -0.25) is 0 Å². The largest absolute Gasteiger partial charge is 0.454 e. The maximum Gasteiger partial charge on any atom is 0.160 e. The normalized spacial score (nSPS) is 13.5. The van der Waals surface area contributed by atoms with Gasteiger partial charge in [0.05, 0.1) is 22.2 Å². The van der Waals surface area contributed by atoms with E-state index < -0.39 is 0 Å². The number of fused-ring (bicyclic) bond motifs is 13. The molecule has 3 aromatic heterocycles. The molecule has 0 atom stereocenters. The molecule has 0 aliphatic heterocycles. The fraction of sp³-hybridized carbons (Fsp3) is 0.0638. The first kappa shape index (κ1) is 28.3. The Morgan fingerprint density at radius 1 is 0.569 bits per heavy atom. The molecular formula is C47H31N3O. The molecule has 0 N–H and O–H groups in total. The molecule has 0 saturated heterocycles. The van der Waals surface area contributed by atoms with Crippen molar-refractivity contribution in [2.75, 3.05) is 0 Å². The highest BCUT2D eigenvalue weighted by molar-refractivity contribution is 6.29. The molecule has 11 rings (SSSR count). The zero-order valence-electron chi connectivity index (χ0n) is 28.2. The van der Waals surface area contributed by atoms with Crippen molar-refractivity contribution in [2.45, 2.75) is 19.3 Å². The number of aromatic nitrogens is 3. The molecule has 3 heterocycles. The maximum absolute atomic E-state index is 6.92. The van der Waals surface area contributed by atoms with E-state index in [9.17, 15) is 0 Å². The quantitative estimate of drug-likeness (QED) is 0.191. The van der Waals surface area contributed by atoms with Gasteiger partial charge in [0.25, 0.3) is 0 Å². The van der Waals surface area contributed by atoms with Crippen LogP contribution in [0, 0.1) is 0 Å². The van der Waals surface area contributed by atoms with Crippen molar-refractivity contribution in [1.82, 2.24) is 14.5 Å². The average Bonchev–Trinajstić information content (AvgIpc) is 3.81. The van der Waals surface area contributed by atoms with E-state index in [1.165, 1.54) is 38.4 Å². The minimum absolute atomic E-state index is 0.200. The molecule has 0 unspecified atom stereocenters. The molecule has 0 fully saturated rings. The lowest BCUT2D eigenvalue weighted by molar-refractivity contribution is 0.658. The molecular weight excluding hydrogens is 623 g/mol. The molecule has 10 aromatic rings. The Morgan fingerprint density at radius 3 is 2.10 bits per heavy atom. The SMILES string of the molecule is CC1(C)c2ccccc2-c2c1c1c3ccccc3oc1c1c2c2ccccc2n1-c1ccc(-c2nc(-c3ccccc3)c3ccccc3n2)cc1. The molecule has 4 heteroatoms. The topological polar surface area (TPSA) is 43.9 Å². The fourth-order valence-electron chi connectivity index (χ4n) is 8.74. The second kappa shape index (κ2) is 10.3. The van der Waals surface area contributed by atoms with Crippen molar-refractivity contribution in [2.24, 2.45) is 0 Å². The van der Waals surface area contributed by atoms with Crippen LogP contribution in [0.15, 0.2) is 156 Å². The Balaban J connectivity index is 1.20. The number of hydrogen-bond acceptors (Lipinski definition) is 3. The summed E-state index contributed by atoms with van der Waals surface area (Å²) in [6, 6.07) is 53.5. The standard InChI is InChI=1S/C47H31N3O/c1-47(2)35-20-10-6-16-31(35)39-40-33-18-8-12-22-37(33)50(44(40)45-41(42(39)47)34-19-9-13-23-38(34)51-45)30-26-24-29(25-27-30)46-48-36-21-11-7-17-32(36)43(49-46)28-14-4-3-5-15-28/h3-27H,1-2H3. The summed E-state index contributed by atoms with van der Waals surface area (Å²) in [6.45, 7) is 4.72. The van der Waals surface area contributed by atoms with Crippen LogP contribution in [-0.2, 0) is 5.41 Å². The van der Waals surface area contributed by atoms with Gasteiger partial charge in [-0.05, 0) is 64.7 Å². The molecule has 0 amide bonds. The molecule has 1 aliphatic rings. The van der Waals surface area contributed by atoms with Crippen molar-refractivity contribution >= 4 is 54.6 Å². The van der Waals surface area contributed by atoms with E-state index in [1.54, 1.807) is 0 Å². The molecule has 0 bridgehead atoms. The number of furan rings is 1. The predicted octanol–water partition coefficient (Wildman–Crippen LogP) is 12.3. The van der Waals surface area contributed by atoms with Crippen molar-refractivity contribution in [1.29, 1.82) is 0 Å². The van der Waals surface area contributed by atoms with Gasteiger partial charge in [-0.2, -0.15) is 0 Å². The Morgan fingerprint density at radius 2 is 1.25 bits per heavy atom. The van der Waals surface area contributed by atoms with Crippen LogP contribution in [0.3, 0.4) is 0 Å². The van der Waals surface area contributed by atoms with Crippen molar-refractivity contribution < 1.29 is 4.42 Å². The lowest BCUT2D eigenvalue weighted by Crippen LogP contribution is -2.15. The van der Waals surface area contributed by atoms with Crippen LogP contribution in [0.2, 0.25) is 0 Å². The van der Waals surface area contributed by atoms with E-state index >= 15 is 0 Å². The number of benzene rings is 7. The Bertz CT molecular complexity index is 3040. The van der Waals surface area contributed by atoms with Crippen LogP contribution in [-0.4, -0.2) is 14.5 Å². The molecule has 0 spiro atoms. The summed E-state index contributed by atoms with van der Waals surface area (Å²) in [7, 11) is 0. The molecule has 240 valence electrons. The number of hydrogen-bond donors (Lipinski definition) is 0. The Hall–Kier alpha value is -6.52. The number of nitrogens with zero attached hydrogens (tertiary/aromatic N) is 3. The molecule has 51 heavy (non-hydrogen) atoms. The predicted molar refractivity (Wildman–Crippen MR) is 210 cm³/mol. The summed E-state index contributed by atoms with van der Waals surface area (Å²) in [5, 5.41) is 5.85. The lowest BCUT2D eigenvalue weighted by Gasteiger charge is -2.22. The second-order valence-corrected chi connectivity index (χ2v) is 14.1. The van der Waals surface area contributed by atoms with Gasteiger partial charge in [-0.1, -0.05) is 123 Å². The van der Waals surface area contributed by atoms with E-state index in [2.05, 4.69) is 152 Å². The van der Waals surface area contributed by atoms with Gasteiger partial charge in [-0.25, -0.2) is 9.97 Å². The van der Waals surface area contributed by atoms with Gasteiger partial charge in [0.1, 0.15) is 5.58 Å². The van der Waals surface area contributed by atoms with Gasteiger partial charge in [0, 0.05) is 49.2 Å². The van der Waals surface area contributed by atoms with E-state index in [-0.39, 0.29) is 5.41 Å². The Labute approximate surface area is 294 Å². The van der Waals surface area contributed by atoms with Crippen LogP contribution >= 0.6 is 0 Å². The summed E-state index contributed by atoms with van der Waals surface area (Å²) >= 11 is 0. The first-order valence-corrected chi connectivity index (χ1v) is 17.5. The third-order valence-corrected chi connectivity index (χ3v) is 11.0. The minimum Gasteiger partial charge on any atom is -0.454 e. The van der Waals surface area contributed by atoms with Gasteiger partial charge in [0.15, 0.2) is 11.4 Å². The van der Waals surface area contributed by atoms with E-state index in [4.69, 9.17) is 14.4 Å². The van der Waals surface area contributed by atoms with Crippen molar-refractivity contribution in [3.8, 4) is 39.5 Å². The zero-order valence-corrected chi connectivity index (χ0v) is 28.2. The Kier molecular flexibility index (Phi) is 5.70. The van der Waals surface area contributed by atoms with Crippen molar-refractivity contribution in [3.05, 3.63) is 163 Å². The highest BCUT2D eigenvalue weighted by Gasteiger charge is 2.41. The number of para-hydroxylation sites is 3. The van der Waals surface area contributed by atoms with Crippen LogP contribution < -0.4 is 0 Å². The molecule has 4 nitrogen and oxygen atoms in total. The minimum atomic E-state index is -0.200. The summed E-state index contributed by atoms with van der Waals surface area (Å²) < 4.78 is 9.32. The third kappa shape index (κ3) is 3.85. The number of rotatable bonds is 3. The van der Waals surface area contributed by atoms with Crippen LogP contribution in [0.5, 0.6) is 0 Å². The second-order valence-electron chi connectivity index (χ2n) is 14.1. The maximum atomic E-state index is 6.92. The van der Waals surface area contributed by atoms with Crippen LogP contribution in [0.25, 0.3) is 94.1 Å². The highest BCUT2D eigenvalue weighted by Crippen LogP contribution is 2.58. The van der Waals surface area contributed by atoms with Gasteiger partial charge >= 0.3 is 0 Å². The van der Waals surface area contributed by atoms with Crippen molar-refractivity contribution in [3.63, 3.8) is 0 Å². The van der Waals surface area contributed by atoms with Crippen LogP contribution in [0.4, 0.5) is 0 Å². The third-order valence-electron chi connectivity index (χ3n) is 11.0. The molecule has 0 radical (unpaired) electrons. The average molecular weight is 654 g/mol. The lowest BCUT2D eigenvalue weighted by atomic mass is 9.80. The first-order chi connectivity index (χ1) is 25.1. The monoisotopic (exact) mass is 653 g/mol. The van der Waals surface area contributed by atoms with E-state index in [1.807, 2.05) is 18.2 Å². The molecule has 1 aliphatic carbocycles. The van der Waals surface area contributed by atoms with Gasteiger partial charge in [-0.15, -0.1) is 0 Å². The fourth-order valence-corrected chi connectivity index (χ4v) is 8.74. The molecule has 0 saturated carbocycles. The summed E-state index contributed by atoms with van der Waals surface area (Å²) in [5.74, 6) is 0.706. The van der Waals surface area contributed by atoms with E-state index in [0.29, 0.717) is 5.82 Å². The zero-order chi connectivity index (χ0) is 33.8.